The molecule has 1 atom stereocenters. The number of rotatable bonds is 3. The van der Waals surface area contributed by atoms with Crippen molar-refractivity contribution in [1.82, 2.24) is 5.43 Å². The fourth-order valence-corrected chi connectivity index (χ4v) is 2.27. The third-order valence-electron chi connectivity index (χ3n) is 3.74. The maximum absolute atomic E-state index is 12.0. The second kappa shape index (κ2) is 6.39. The number of hydrogen-bond donors (Lipinski definition) is 2. The van der Waals surface area contributed by atoms with Crippen LogP contribution in [0.15, 0.2) is 53.2 Å². The molecule has 0 fully saturated rings. The molecule has 110 valence electrons. The monoisotopic (exact) mass is 284 g/mol. The molecule has 1 aliphatic carbocycles. The van der Waals surface area contributed by atoms with Crippen molar-refractivity contribution >= 4 is 11.6 Å². The van der Waals surface area contributed by atoms with Gasteiger partial charge in [-0.25, -0.2) is 5.43 Å². The van der Waals surface area contributed by atoms with Gasteiger partial charge in [0.15, 0.2) is 0 Å². The topological polar surface area (TPSA) is 61.7 Å². The molecule has 1 aromatic carbocycles. The van der Waals surface area contributed by atoms with Crippen LogP contribution in [0, 0.1) is 5.92 Å². The standard InChI is InChI=1S/C17H20N2O2/c1-11(2)13-9-8-12(3)15(10-13)18-19-17(21)14-6-4-5-7-16(14)20/h4-8,13,20H,1,9-10H2,2-3H3,(H,19,21)/b18-15+/t13-/m1/s1. The molecule has 0 saturated carbocycles. The fraction of sp³-hybridized carbons (Fsp3) is 0.294. The van der Waals surface area contributed by atoms with E-state index in [0.717, 1.165) is 29.7 Å². The van der Waals surface area contributed by atoms with Crippen molar-refractivity contribution in [3.63, 3.8) is 0 Å². The molecule has 1 amide bonds. The normalized spacial score (nSPS) is 20.0. The number of phenols is 1. The molecule has 0 heterocycles. The molecule has 4 heteroatoms. The fourth-order valence-electron chi connectivity index (χ4n) is 2.27. The van der Waals surface area contributed by atoms with Gasteiger partial charge in [-0.2, -0.15) is 5.10 Å². The van der Waals surface area contributed by atoms with E-state index in [4.69, 9.17) is 0 Å². The number of amides is 1. The van der Waals surface area contributed by atoms with Crippen molar-refractivity contribution in [3.8, 4) is 5.75 Å². The van der Waals surface area contributed by atoms with Gasteiger partial charge in [0, 0.05) is 0 Å². The smallest absolute Gasteiger partial charge is 0.275 e. The summed E-state index contributed by atoms with van der Waals surface area (Å²) in [5, 5.41) is 13.9. The molecule has 0 aliphatic heterocycles. The summed E-state index contributed by atoms with van der Waals surface area (Å²) in [5.41, 5.74) is 5.79. The lowest BCUT2D eigenvalue weighted by Gasteiger charge is -2.22. The first-order valence-electron chi connectivity index (χ1n) is 6.96. The van der Waals surface area contributed by atoms with Gasteiger partial charge in [0.1, 0.15) is 5.75 Å². The molecule has 0 aromatic heterocycles. The number of carbonyl (C=O) groups is 1. The van der Waals surface area contributed by atoms with E-state index in [2.05, 4.69) is 23.2 Å². The number of carbonyl (C=O) groups excluding carboxylic acids is 1. The van der Waals surface area contributed by atoms with Crippen LogP contribution in [0.4, 0.5) is 0 Å². The van der Waals surface area contributed by atoms with E-state index in [1.165, 1.54) is 6.07 Å². The SMILES string of the molecule is C=C(C)[C@@H]1CC=C(C)/C(=N/NC(=O)c2ccccc2O)C1. The van der Waals surface area contributed by atoms with Crippen LogP contribution in [0.5, 0.6) is 5.75 Å². The lowest BCUT2D eigenvalue weighted by molar-refractivity contribution is 0.0952. The highest BCUT2D eigenvalue weighted by Crippen LogP contribution is 2.26. The van der Waals surface area contributed by atoms with Gasteiger partial charge in [-0.15, -0.1) is 0 Å². The molecule has 0 unspecified atom stereocenters. The van der Waals surface area contributed by atoms with Crippen LogP contribution in [0.3, 0.4) is 0 Å². The minimum atomic E-state index is -0.411. The average Bonchev–Trinajstić information content (AvgIpc) is 2.46. The number of nitrogens with one attached hydrogen (secondary N) is 1. The summed E-state index contributed by atoms with van der Waals surface area (Å²) in [4.78, 5) is 12.0. The Hall–Kier alpha value is -2.36. The summed E-state index contributed by atoms with van der Waals surface area (Å²) in [7, 11) is 0. The van der Waals surface area contributed by atoms with Crippen molar-refractivity contribution in [3.05, 3.63) is 53.6 Å². The lowest BCUT2D eigenvalue weighted by atomic mass is 9.85. The van der Waals surface area contributed by atoms with E-state index in [0.29, 0.717) is 5.92 Å². The number of para-hydroxylation sites is 1. The number of hydrogen-bond acceptors (Lipinski definition) is 3. The van der Waals surface area contributed by atoms with Gasteiger partial charge < -0.3 is 5.11 Å². The van der Waals surface area contributed by atoms with Crippen LogP contribution in [0.25, 0.3) is 0 Å². The second-order valence-electron chi connectivity index (χ2n) is 5.39. The van der Waals surface area contributed by atoms with Crippen LogP contribution in [-0.2, 0) is 0 Å². The quantitative estimate of drug-likeness (QED) is 0.660. The van der Waals surface area contributed by atoms with Crippen LogP contribution in [0.2, 0.25) is 0 Å². The molecule has 1 aromatic rings. The van der Waals surface area contributed by atoms with Crippen molar-refractivity contribution in [2.75, 3.05) is 0 Å². The largest absolute Gasteiger partial charge is 0.507 e. The molecule has 4 nitrogen and oxygen atoms in total. The van der Waals surface area contributed by atoms with E-state index in [9.17, 15) is 9.90 Å². The maximum Gasteiger partial charge on any atom is 0.275 e. The van der Waals surface area contributed by atoms with Gasteiger partial charge in [0.05, 0.1) is 11.3 Å². The first-order chi connectivity index (χ1) is 9.99. The zero-order valence-corrected chi connectivity index (χ0v) is 12.4. The van der Waals surface area contributed by atoms with Crippen molar-refractivity contribution in [1.29, 1.82) is 0 Å². The molecular weight excluding hydrogens is 264 g/mol. The Morgan fingerprint density at radius 2 is 2.14 bits per heavy atom. The van der Waals surface area contributed by atoms with Crippen molar-refractivity contribution in [2.24, 2.45) is 11.0 Å². The Labute approximate surface area is 124 Å². The van der Waals surface area contributed by atoms with E-state index in [1.807, 2.05) is 13.8 Å². The van der Waals surface area contributed by atoms with E-state index < -0.39 is 5.91 Å². The Morgan fingerprint density at radius 1 is 1.43 bits per heavy atom. The minimum Gasteiger partial charge on any atom is -0.507 e. The highest BCUT2D eigenvalue weighted by molar-refractivity contribution is 6.02. The molecular formula is C17H20N2O2. The highest BCUT2D eigenvalue weighted by atomic mass is 16.3. The summed E-state index contributed by atoms with van der Waals surface area (Å²) in [6.45, 7) is 7.99. The number of phenolic OH excluding ortho intramolecular Hbond substituents is 1. The maximum atomic E-state index is 12.0. The summed E-state index contributed by atoms with van der Waals surface area (Å²) in [6, 6.07) is 6.41. The predicted octanol–water partition coefficient (Wildman–Crippen LogP) is 3.41. The van der Waals surface area contributed by atoms with E-state index in [-0.39, 0.29) is 11.3 Å². The van der Waals surface area contributed by atoms with E-state index in [1.54, 1.807) is 18.2 Å². The molecule has 0 bridgehead atoms. The summed E-state index contributed by atoms with van der Waals surface area (Å²) in [5.74, 6) is -0.0914. The van der Waals surface area contributed by atoms with Crippen molar-refractivity contribution in [2.45, 2.75) is 26.7 Å². The zero-order valence-electron chi connectivity index (χ0n) is 12.4. The molecule has 2 N–H and O–H groups in total. The van der Waals surface area contributed by atoms with Crippen LogP contribution in [0.1, 0.15) is 37.0 Å². The Bertz CT molecular complexity index is 629. The third kappa shape index (κ3) is 3.60. The molecule has 1 aliphatic rings. The van der Waals surface area contributed by atoms with Gasteiger partial charge in [0.25, 0.3) is 5.91 Å². The number of nitrogens with zero attached hydrogens (tertiary/aromatic N) is 1. The minimum absolute atomic E-state index is 0.0501. The number of allylic oxidation sites excluding steroid dienone is 3. The first kappa shape index (κ1) is 15.0. The number of benzene rings is 1. The second-order valence-corrected chi connectivity index (χ2v) is 5.39. The number of aromatic hydroxyl groups is 1. The van der Waals surface area contributed by atoms with Gasteiger partial charge in [0.2, 0.25) is 0 Å². The van der Waals surface area contributed by atoms with Crippen LogP contribution >= 0.6 is 0 Å². The average molecular weight is 284 g/mol. The first-order valence-corrected chi connectivity index (χ1v) is 6.96. The van der Waals surface area contributed by atoms with Gasteiger partial charge in [-0.05, 0) is 50.3 Å². The number of hydrazone groups is 1. The summed E-state index contributed by atoms with van der Waals surface area (Å²) >= 11 is 0. The summed E-state index contributed by atoms with van der Waals surface area (Å²) in [6.07, 6.45) is 3.86. The molecule has 21 heavy (non-hydrogen) atoms. The highest BCUT2D eigenvalue weighted by Gasteiger charge is 2.19. The van der Waals surface area contributed by atoms with E-state index >= 15 is 0 Å². The lowest BCUT2D eigenvalue weighted by Crippen LogP contribution is -2.23. The van der Waals surface area contributed by atoms with Gasteiger partial charge in [-0.1, -0.05) is 30.4 Å². The summed E-state index contributed by atoms with van der Waals surface area (Å²) < 4.78 is 0. The van der Waals surface area contributed by atoms with Gasteiger partial charge >= 0.3 is 0 Å². The Morgan fingerprint density at radius 3 is 2.81 bits per heavy atom. The Kier molecular flexibility index (Phi) is 4.58. The molecule has 2 rings (SSSR count). The van der Waals surface area contributed by atoms with Crippen molar-refractivity contribution < 1.29 is 9.90 Å². The van der Waals surface area contributed by atoms with Crippen LogP contribution in [-0.4, -0.2) is 16.7 Å². The Balaban J connectivity index is 2.12. The van der Waals surface area contributed by atoms with Gasteiger partial charge in [-0.3, -0.25) is 4.79 Å². The zero-order chi connectivity index (χ0) is 15.4. The molecule has 0 spiro atoms. The predicted molar refractivity (Wildman–Crippen MR) is 84.3 cm³/mol. The van der Waals surface area contributed by atoms with Crippen LogP contribution < -0.4 is 5.43 Å². The molecule has 0 saturated heterocycles. The molecule has 0 radical (unpaired) electrons. The third-order valence-corrected chi connectivity index (χ3v) is 3.74.